The second-order valence-corrected chi connectivity index (χ2v) is 7.27. The van der Waals surface area contributed by atoms with Gasteiger partial charge in [-0.1, -0.05) is 0 Å². The summed E-state index contributed by atoms with van der Waals surface area (Å²) in [5.41, 5.74) is 1.97. The van der Waals surface area contributed by atoms with E-state index < -0.39 is 10.0 Å². The number of aryl methyl sites for hydroxylation is 1. The van der Waals surface area contributed by atoms with Crippen LogP contribution in [0, 0.1) is 6.92 Å². The quantitative estimate of drug-likeness (QED) is 0.894. The van der Waals surface area contributed by atoms with Gasteiger partial charge < -0.3 is 0 Å². The Bertz CT molecular complexity index is 493. The number of H-pyrrole nitrogens is 1. The third kappa shape index (κ3) is 2.11. The lowest BCUT2D eigenvalue weighted by molar-refractivity contribution is 0.385. The van der Waals surface area contributed by atoms with Gasteiger partial charge in [0, 0.05) is 6.54 Å². The molecule has 17 heavy (non-hydrogen) atoms. The lowest BCUT2D eigenvalue weighted by atomic mass is 10.1. The molecule has 6 heteroatoms. The summed E-state index contributed by atoms with van der Waals surface area (Å²) in [7, 11) is -3.18. The summed E-state index contributed by atoms with van der Waals surface area (Å²) in [5.74, 6) is 0. The van der Waals surface area contributed by atoms with Crippen LogP contribution in [0.25, 0.3) is 0 Å². The molecule has 1 aromatic rings. The predicted molar refractivity (Wildman–Crippen MR) is 66.1 cm³/mol. The lowest BCUT2D eigenvalue weighted by Gasteiger charge is -2.25. The van der Waals surface area contributed by atoms with E-state index >= 15 is 0 Å². The highest BCUT2D eigenvalue weighted by molar-refractivity contribution is 7.89. The number of nitrogens with one attached hydrogen (secondary N) is 1. The largest absolute Gasteiger partial charge is 0.281 e. The SMILES string of the molecule is Cc1cn[nH]c1C1CCCN1S(=O)(=O)C(C)C. The van der Waals surface area contributed by atoms with E-state index in [0.717, 1.165) is 24.1 Å². The zero-order valence-electron chi connectivity index (χ0n) is 10.5. The highest BCUT2D eigenvalue weighted by atomic mass is 32.2. The van der Waals surface area contributed by atoms with Crippen LogP contribution in [0.1, 0.15) is 44.0 Å². The minimum atomic E-state index is -3.18. The van der Waals surface area contributed by atoms with Gasteiger partial charge in [-0.05, 0) is 39.2 Å². The first-order valence-electron chi connectivity index (χ1n) is 5.95. The van der Waals surface area contributed by atoms with Crippen molar-refractivity contribution < 1.29 is 8.42 Å². The zero-order chi connectivity index (χ0) is 12.6. The molecule has 0 aromatic carbocycles. The molecule has 5 nitrogen and oxygen atoms in total. The Balaban J connectivity index is 2.34. The molecule has 0 saturated carbocycles. The second-order valence-electron chi connectivity index (χ2n) is 4.83. The molecule has 1 aliphatic heterocycles. The third-order valence-electron chi connectivity index (χ3n) is 3.33. The van der Waals surface area contributed by atoms with E-state index in [9.17, 15) is 8.42 Å². The summed E-state index contributed by atoms with van der Waals surface area (Å²) in [6, 6.07) is -0.0649. The Morgan fingerprint density at radius 1 is 1.53 bits per heavy atom. The van der Waals surface area contributed by atoms with Crippen LogP contribution < -0.4 is 0 Å². The molecule has 0 bridgehead atoms. The summed E-state index contributed by atoms with van der Waals surface area (Å²) >= 11 is 0. The predicted octanol–water partition coefficient (Wildman–Crippen LogP) is 1.59. The van der Waals surface area contributed by atoms with Gasteiger partial charge in [0.15, 0.2) is 0 Å². The standard InChI is InChI=1S/C11H19N3O2S/c1-8(2)17(15,16)14-6-4-5-10(14)11-9(3)7-12-13-11/h7-8,10H,4-6H2,1-3H3,(H,12,13). The van der Waals surface area contributed by atoms with Gasteiger partial charge in [0.25, 0.3) is 0 Å². The second kappa shape index (κ2) is 4.42. The molecule has 0 radical (unpaired) electrons. The van der Waals surface area contributed by atoms with E-state index in [-0.39, 0.29) is 11.3 Å². The van der Waals surface area contributed by atoms with E-state index in [1.165, 1.54) is 0 Å². The first kappa shape index (κ1) is 12.6. The Labute approximate surface area is 102 Å². The van der Waals surface area contributed by atoms with Crippen LogP contribution in [0.3, 0.4) is 0 Å². The first-order valence-corrected chi connectivity index (χ1v) is 7.45. The molecule has 1 aromatic heterocycles. The van der Waals surface area contributed by atoms with Crippen molar-refractivity contribution in [3.05, 3.63) is 17.5 Å². The molecule has 1 N–H and O–H groups in total. The number of sulfonamides is 1. The molecule has 0 aliphatic carbocycles. The number of hydrogen-bond donors (Lipinski definition) is 1. The minimum Gasteiger partial charge on any atom is -0.281 e. The van der Waals surface area contributed by atoms with Crippen LogP contribution in [0.4, 0.5) is 0 Å². The third-order valence-corrected chi connectivity index (χ3v) is 5.61. The van der Waals surface area contributed by atoms with Crippen molar-refractivity contribution in [2.24, 2.45) is 0 Å². The summed E-state index contributed by atoms with van der Waals surface area (Å²) in [6.07, 6.45) is 3.53. The molecule has 1 fully saturated rings. The summed E-state index contributed by atoms with van der Waals surface area (Å²) < 4.78 is 26.1. The number of nitrogens with zero attached hydrogens (tertiary/aromatic N) is 2. The highest BCUT2D eigenvalue weighted by Gasteiger charge is 2.37. The number of aromatic nitrogens is 2. The van der Waals surface area contributed by atoms with Crippen LogP contribution in [0.2, 0.25) is 0 Å². The Hall–Kier alpha value is -0.880. The topological polar surface area (TPSA) is 66.1 Å². The maximum absolute atomic E-state index is 12.2. The molecule has 96 valence electrons. The maximum atomic E-state index is 12.2. The highest BCUT2D eigenvalue weighted by Crippen LogP contribution is 2.35. The monoisotopic (exact) mass is 257 g/mol. The Kier molecular flexibility index (Phi) is 3.27. The van der Waals surface area contributed by atoms with Crippen molar-refractivity contribution in [3.8, 4) is 0 Å². The van der Waals surface area contributed by atoms with Crippen molar-refractivity contribution in [3.63, 3.8) is 0 Å². The summed E-state index contributed by atoms with van der Waals surface area (Å²) in [6.45, 7) is 6.02. The smallest absolute Gasteiger partial charge is 0.217 e. The van der Waals surface area contributed by atoms with Crippen molar-refractivity contribution >= 4 is 10.0 Å². The van der Waals surface area contributed by atoms with Crippen molar-refractivity contribution in [1.29, 1.82) is 0 Å². The minimum absolute atomic E-state index is 0.0649. The van der Waals surface area contributed by atoms with E-state index in [0.29, 0.717) is 6.54 Å². The van der Waals surface area contributed by atoms with Crippen LogP contribution in [-0.4, -0.2) is 34.7 Å². The van der Waals surface area contributed by atoms with Gasteiger partial charge in [-0.2, -0.15) is 9.40 Å². The van der Waals surface area contributed by atoms with Crippen molar-refractivity contribution in [2.45, 2.75) is 44.9 Å². The molecule has 2 rings (SSSR count). The average molecular weight is 257 g/mol. The van der Waals surface area contributed by atoms with Gasteiger partial charge in [-0.25, -0.2) is 8.42 Å². The van der Waals surface area contributed by atoms with E-state index in [1.807, 2.05) is 6.92 Å². The van der Waals surface area contributed by atoms with Gasteiger partial charge in [-0.3, -0.25) is 5.10 Å². The van der Waals surface area contributed by atoms with Gasteiger partial charge in [-0.15, -0.1) is 0 Å². The van der Waals surface area contributed by atoms with Crippen LogP contribution in [0.15, 0.2) is 6.20 Å². The summed E-state index contributed by atoms with van der Waals surface area (Å²) in [4.78, 5) is 0. The van der Waals surface area contributed by atoms with Crippen LogP contribution in [0.5, 0.6) is 0 Å². The van der Waals surface area contributed by atoms with Gasteiger partial charge in [0.05, 0.1) is 23.2 Å². The normalized spacial score (nSPS) is 22.5. The Morgan fingerprint density at radius 2 is 2.24 bits per heavy atom. The molecule has 1 atom stereocenters. The van der Waals surface area contributed by atoms with Crippen LogP contribution >= 0.6 is 0 Å². The van der Waals surface area contributed by atoms with Gasteiger partial charge in [0.2, 0.25) is 10.0 Å². The number of rotatable bonds is 3. The lowest BCUT2D eigenvalue weighted by Crippen LogP contribution is -2.36. The molecule has 1 unspecified atom stereocenters. The van der Waals surface area contributed by atoms with Crippen molar-refractivity contribution in [2.75, 3.05) is 6.54 Å². The Morgan fingerprint density at radius 3 is 2.76 bits per heavy atom. The number of aromatic amines is 1. The van der Waals surface area contributed by atoms with E-state index in [2.05, 4.69) is 10.2 Å². The van der Waals surface area contributed by atoms with Crippen LogP contribution in [-0.2, 0) is 10.0 Å². The molecule has 1 aliphatic rings. The molecule has 2 heterocycles. The van der Waals surface area contributed by atoms with Crippen molar-refractivity contribution in [1.82, 2.24) is 14.5 Å². The van der Waals surface area contributed by atoms with E-state index in [4.69, 9.17) is 0 Å². The molecule has 1 saturated heterocycles. The van der Waals surface area contributed by atoms with Gasteiger partial charge in [0.1, 0.15) is 0 Å². The summed E-state index contributed by atoms with van der Waals surface area (Å²) in [5, 5.41) is 6.54. The zero-order valence-corrected chi connectivity index (χ0v) is 11.3. The fourth-order valence-electron chi connectivity index (χ4n) is 2.30. The van der Waals surface area contributed by atoms with Gasteiger partial charge >= 0.3 is 0 Å². The first-order chi connectivity index (χ1) is 7.94. The number of hydrogen-bond acceptors (Lipinski definition) is 3. The molecule has 0 spiro atoms. The maximum Gasteiger partial charge on any atom is 0.217 e. The molecular weight excluding hydrogens is 238 g/mol. The van der Waals surface area contributed by atoms with E-state index in [1.54, 1.807) is 24.3 Å². The fraction of sp³-hybridized carbons (Fsp3) is 0.727. The fourth-order valence-corrected chi connectivity index (χ4v) is 3.79. The average Bonchev–Trinajstić information content (AvgIpc) is 2.84. The molecular formula is C11H19N3O2S. The molecule has 0 amide bonds.